The lowest BCUT2D eigenvalue weighted by atomic mass is 10.4. The summed E-state index contributed by atoms with van der Waals surface area (Å²) in [6, 6.07) is 0.0817. The highest BCUT2D eigenvalue weighted by atomic mass is 32.2. The van der Waals surface area contributed by atoms with Crippen LogP contribution in [0.25, 0.3) is 0 Å². The van der Waals surface area contributed by atoms with Crippen LogP contribution in [0.4, 0.5) is 19.0 Å². The second-order valence-electron chi connectivity index (χ2n) is 2.98. The first-order chi connectivity index (χ1) is 8.42. The van der Waals surface area contributed by atoms with E-state index in [1.165, 1.54) is 0 Å². The summed E-state index contributed by atoms with van der Waals surface area (Å²) in [6.07, 6.45) is -5.30. The molecule has 1 aromatic heterocycles. The number of ether oxygens (including phenoxy) is 1. The Morgan fingerprint density at radius 3 is 2.37 bits per heavy atom. The fourth-order valence-electron chi connectivity index (χ4n) is 0.995. The van der Waals surface area contributed by atoms with Crippen molar-refractivity contribution in [1.82, 2.24) is 4.98 Å². The molecule has 1 aromatic rings. The minimum Gasteiger partial charge on any atom is -0.501 e. The largest absolute Gasteiger partial charge is 0.573 e. The van der Waals surface area contributed by atoms with Gasteiger partial charge in [0.2, 0.25) is 5.75 Å². The Morgan fingerprint density at radius 2 is 2.00 bits per heavy atom. The zero-order valence-corrected chi connectivity index (χ0v) is 9.40. The van der Waals surface area contributed by atoms with Gasteiger partial charge in [-0.1, -0.05) is 0 Å². The number of rotatable bonds is 3. The number of alkyl halides is 3. The zero-order chi connectivity index (χ0) is 15.0. The van der Waals surface area contributed by atoms with E-state index < -0.39 is 43.7 Å². The second-order valence-corrected chi connectivity index (χ2v) is 4.46. The summed E-state index contributed by atoms with van der Waals surface area (Å²) in [6.45, 7) is 0. The Hall–Kier alpha value is -2.15. The molecule has 13 heteroatoms. The molecule has 1 rings (SSSR count). The Kier molecular flexibility index (Phi) is 3.54. The van der Waals surface area contributed by atoms with Crippen molar-refractivity contribution in [3.63, 3.8) is 0 Å². The minimum atomic E-state index is -5.30. The number of primary sulfonamides is 1. The number of aromatic nitrogens is 1. The number of hydrogen-bond acceptors (Lipinski definition) is 7. The molecule has 0 fully saturated rings. The number of nitrogens with two attached hydrogens (primary N) is 1. The van der Waals surface area contributed by atoms with Crippen molar-refractivity contribution in [2.75, 3.05) is 0 Å². The minimum absolute atomic E-state index is 0.0817. The lowest BCUT2D eigenvalue weighted by Crippen LogP contribution is -2.22. The molecular weight excluding hydrogens is 299 g/mol. The van der Waals surface area contributed by atoms with Gasteiger partial charge in [0.1, 0.15) is 0 Å². The topological polar surface area (TPSA) is 146 Å². The molecule has 0 saturated heterocycles. The second kappa shape index (κ2) is 4.51. The van der Waals surface area contributed by atoms with Crippen molar-refractivity contribution < 1.29 is 36.4 Å². The third kappa shape index (κ3) is 3.65. The van der Waals surface area contributed by atoms with Crippen LogP contribution < -0.4 is 9.88 Å². The molecule has 1 heterocycles. The van der Waals surface area contributed by atoms with Gasteiger partial charge in [0, 0.05) is 6.07 Å². The summed E-state index contributed by atoms with van der Waals surface area (Å²) in [4.78, 5) is 11.8. The Labute approximate surface area is 102 Å². The summed E-state index contributed by atoms with van der Waals surface area (Å²) < 4.78 is 61.2. The summed E-state index contributed by atoms with van der Waals surface area (Å²) in [5, 5.41) is 22.5. The average Bonchev–Trinajstić information content (AvgIpc) is 2.11. The van der Waals surface area contributed by atoms with Crippen molar-refractivity contribution in [3.8, 4) is 11.5 Å². The van der Waals surface area contributed by atoms with E-state index in [4.69, 9.17) is 5.11 Å². The van der Waals surface area contributed by atoms with Crippen molar-refractivity contribution in [2.24, 2.45) is 5.14 Å². The fraction of sp³-hybridized carbons (Fsp3) is 0.167. The fourth-order valence-corrected chi connectivity index (χ4v) is 1.59. The molecule has 9 nitrogen and oxygen atoms in total. The highest BCUT2D eigenvalue weighted by molar-refractivity contribution is 7.89. The number of aromatic hydroxyl groups is 1. The van der Waals surface area contributed by atoms with E-state index in [0.29, 0.717) is 0 Å². The molecule has 0 bridgehead atoms. The molecule has 3 N–H and O–H groups in total. The van der Waals surface area contributed by atoms with Crippen LogP contribution in [0.1, 0.15) is 0 Å². The monoisotopic (exact) mass is 303 g/mol. The Bertz CT molecular complexity index is 628. The van der Waals surface area contributed by atoms with E-state index in [1.807, 2.05) is 0 Å². The normalized spacial score (nSPS) is 12.2. The highest BCUT2D eigenvalue weighted by Gasteiger charge is 2.38. The van der Waals surface area contributed by atoms with E-state index in [0.717, 1.165) is 0 Å². The van der Waals surface area contributed by atoms with Gasteiger partial charge in [0.05, 0.1) is 0 Å². The van der Waals surface area contributed by atoms with E-state index in [9.17, 15) is 31.7 Å². The molecule has 0 aliphatic rings. The van der Waals surface area contributed by atoms with Gasteiger partial charge in [-0.25, -0.2) is 13.6 Å². The maximum atomic E-state index is 12.0. The molecule has 0 spiro atoms. The lowest BCUT2D eigenvalue weighted by Gasteiger charge is -2.09. The molecule has 0 radical (unpaired) electrons. The molecular formula is C6H4F3N3O6S. The van der Waals surface area contributed by atoms with Crippen molar-refractivity contribution >= 4 is 15.8 Å². The number of sulfonamides is 1. The molecule has 0 aliphatic carbocycles. The average molecular weight is 303 g/mol. The highest BCUT2D eigenvalue weighted by Crippen LogP contribution is 2.35. The van der Waals surface area contributed by atoms with E-state index in [1.54, 1.807) is 0 Å². The third-order valence-corrected chi connectivity index (χ3v) is 2.41. The summed E-state index contributed by atoms with van der Waals surface area (Å²) in [5.41, 5.74) is 0. The summed E-state index contributed by atoms with van der Waals surface area (Å²) >= 11 is 0. The van der Waals surface area contributed by atoms with Gasteiger partial charge in [-0.05, 0) is 9.91 Å². The van der Waals surface area contributed by atoms with Gasteiger partial charge in [0.25, 0.3) is 10.0 Å². The van der Waals surface area contributed by atoms with Crippen LogP contribution in [0.15, 0.2) is 11.1 Å². The van der Waals surface area contributed by atoms with E-state index >= 15 is 0 Å². The van der Waals surface area contributed by atoms with Crippen molar-refractivity contribution in [2.45, 2.75) is 11.4 Å². The molecule has 106 valence electrons. The number of pyridine rings is 1. The van der Waals surface area contributed by atoms with Crippen LogP contribution in [0.5, 0.6) is 11.5 Å². The Balaban J connectivity index is 3.55. The van der Waals surface area contributed by atoms with Gasteiger partial charge >= 0.3 is 17.2 Å². The summed E-state index contributed by atoms with van der Waals surface area (Å²) in [5.74, 6) is -4.16. The van der Waals surface area contributed by atoms with Crippen LogP contribution in [0.3, 0.4) is 0 Å². The Morgan fingerprint density at radius 1 is 1.47 bits per heavy atom. The maximum Gasteiger partial charge on any atom is 0.573 e. The number of hydrogen-bond donors (Lipinski definition) is 2. The predicted molar refractivity (Wildman–Crippen MR) is 50.6 cm³/mol. The quantitative estimate of drug-likeness (QED) is 0.600. The molecule has 0 atom stereocenters. The maximum absolute atomic E-state index is 12.0. The summed E-state index contributed by atoms with van der Waals surface area (Å²) in [7, 11) is -4.83. The SMILES string of the molecule is NS(=O)(=O)c1nc([N+](=O)[O-])c(O)cc1OC(F)(F)F. The standard InChI is InChI=1S/C6H4F3N3O6S/c7-6(8,9)18-3-1-2(13)4(12(14)15)11-5(3)19(10,16)17/h1,13H,(H2,10,16,17). The van der Waals surface area contributed by atoms with Crippen molar-refractivity contribution in [3.05, 3.63) is 16.2 Å². The zero-order valence-electron chi connectivity index (χ0n) is 8.58. The van der Waals surface area contributed by atoms with Gasteiger partial charge in [-0.2, -0.15) is 0 Å². The van der Waals surface area contributed by atoms with Crippen LogP contribution in [-0.4, -0.2) is 29.8 Å². The lowest BCUT2D eigenvalue weighted by molar-refractivity contribution is -0.391. The molecule has 0 unspecified atom stereocenters. The number of halogens is 3. The van der Waals surface area contributed by atoms with Crippen LogP contribution in [0.2, 0.25) is 0 Å². The smallest absolute Gasteiger partial charge is 0.501 e. The van der Waals surface area contributed by atoms with Gasteiger partial charge in [-0.15, -0.1) is 13.2 Å². The van der Waals surface area contributed by atoms with Crippen molar-refractivity contribution in [1.29, 1.82) is 0 Å². The van der Waals surface area contributed by atoms with Gasteiger partial charge in [0.15, 0.2) is 5.75 Å². The van der Waals surface area contributed by atoms with E-state index in [-0.39, 0.29) is 6.07 Å². The first-order valence-corrected chi connectivity index (χ1v) is 5.63. The third-order valence-electron chi connectivity index (χ3n) is 1.58. The molecule has 0 saturated carbocycles. The first kappa shape index (κ1) is 14.9. The van der Waals surface area contributed by atoms with Crippen LogP contribution in [0, 0.1) is 10.1 Å². The molecule has 19 heavy (non-hydrogen) atoms. The molecule has 0 aliphatic heterocycles. The van der Waals surface area contributed by atoms with Gasteiger partial charge < -0.3 is 20.0 Å². The number of nitro groups is 1. The van der Waals surface area contributed by atoms with E-state index in [2.05, 4.69) is 14.9 Å². The molecule has 0 aromatic carbocycles. The van der Waals surface area contributed by atoms with Gasteiger partial charge in [-0.3, -0.25) is 0 Å². The first-order valence-electron chi connectivity index (χ1n) is 4.09. The van der Waals surface area contributed by atoms with Crippen LogP contribution in [-0.2, 0) is 10.0 Å². The number of nitrogens with zero attached hydrogens (tertiary/aromatic N) is 2. The van der Waals surface area contributed by atoms with Crippen LogP contribution >= 0.6 is 0 Å². The predicted octanol–water partition coefficient (Wildman–Crippen LogP) is 0.241. The molecule has 0 amide bonds.